The van der Waals surface area contributed by atoms with E-state index in [-0.39, 0.29) is 0 Å². The minimum Gasteiger partial charge on any atom is -0.378 e. The van der Waals surface area contributed by atoms with Crippen LogP contribution >= 0.6 is 0 Å². The summed E-state index contributed by atoms with van der Waals surface area (Å²) in [4.78, 5) is 11.5. The van der Waals surface area contributed by atoms with E-state index in [1.165, 1.54) is 5.56 Å². The molecular formula is C17H22N4O. The molecule has 2 N–H and O–H groups in total. The van der Waals surface area contributed by atoms with Crippen LogP contribution in [0.4, 0.5) is 5.95 Å². The summed E-state index contributed by atoms with van der Waals surface area (Å²) in [6.07, 6.45) is 1.04. The minimum absolute atomic E-state index is 0.417. The van der Waals surface area contributed by atoms with Crippen LogP contribution in [0.2, 0.25) is 0 Å². The van der Waals surface area contributed by atoms with E-state index in [0.29, 0.717) is 6.54 Å². The second-order valence-electron chi connectivity index (χ2n) is 5.40. The lowest BCUT2D eigenvalue weighted by Crippen LogP contribution is -2.37. The molecule has 0 spiro atoms. The highest BCUT2D eigenvalue weighted by Crippen LogP contribution is 2.22. The normalized spacial score (nSPS) is 15.1. The maximum atomic E-state index is 5.81. The molecule has 2 heterocycles. The van der Waals surface area contributed by atoms with Gasteiger partial charge in [0.15, 0.2) is 0 Å². The molecule has 0 radical (unpaired) electrons. The molecule has 1 aromatic carbocycles. The van der Waals surface area contributed by atoms with Crippen molar-refractivity contribution in [2.45, 2.75) is 19.9 Å². The van der Waals surface area contributed by atoms with Crippen LogP contribution < -0.4 is 10.6 Å². The standard InChI is InChI=1S/C17H22N4O/c1-2-13-3-5-14(6-4-13)16-11-15(12-18)19-17(20-16)21-7-9-22-10-8-21/h3-6,11H,2,7-10,12,18H2,1H3. The van der Waals surface area contributed by atoms with Crippen molar-refractivity contribution in [3.8, 4) is 11.3 Å². The number of anilines is 1. The van der Waals surface area contributed by atoms with Crippen LogP contribution in [0.5, 0.6) is 0 Å². The number of nitrogens with zero attached hydrogens (tertiary/aromatic N) is 3. The number of ether oxygens (including phenoxy) is 1. The van der Waals surface area contributed by atoms with Gasteiger partial charge < -0.3 is 15.4 Å². The van der Waals surface area contributed by atoms with Crippen molar-refractivity contribution >= 4 is 5.95 Å². The molecule has 1 aliphatic heterocycles. The summed E-state index contributed by atoms with van der Waals surface area (Å²) < 4.78 is 5.40. The Kier molecular flexibility index (Phi) is 4.65. The second-order valence-corrected chi connectivity index (χ2v) is 5.40. The number of rotatable bonds is 4. The maximum Gasteiger partial charge on any atom is 0.226 e. The summed E-state index contributed by atoms with van der Waals surface area (Å²) in [6, 6.07) is 10.5. The molecule has 1 saturated heterocycles. The molecule has 5 heteroatoms. The van der Waals surface area contributed by atoms with Crippen molar-refractivity contribution in [3.05, 3.63) is 41.6 Å². The van der Waals surface area contributed by atoms with Crippen LogP contribution in [0.3, 0.4) is 0 Å². The third-order valence-electron chi connectivity index (χ3n) is 3.93. The molecule has 0 amide bonds. The smallest absolute Gasteiger partial charge is 0.226 e. The van der Waals surface area contributed by atoms with Gasteiger partial charge in [0.25, 0.3) is 0 Å². The van der Waals surface area contributed by atoms with Crippen molar-refractivity contribution in [3.63, 3.8) is 0 Å². The van der Waals surface area contributed by atoms with Gasteiger partial charge in [0.2, 0.25) is 5.95 Å². The van der Waals surface area contributed by atoms with Gasteiger partial charge in [0.05, 0.1) is 24.6 Å². The van der Waals surface area contributed by atoms with E-state index >= 15 is 0 Å². The number of hydrogen-bond acceptors (Lipinski definition) is 5. The minimum atomic E-state index is 0.417. The van der Waals surface area contributed by atoms with Crippen molar-refractivity contribution in [2.24, 2.45) is 5.73 Å². The molecule has 0 atom stereocenters. The molecule has 0 unspecified atom stereocenters. The quantitative estimate of drug-likeness (QED) is 0.935. The highest BCUT2D eigenvalue weighted by Gasteiger charge is 2.16. The summed E-state index contributed by atoms with van der Waals surface area (Å²) in [7, 11) is 0. The van der Waals surface area contributed by atoms with E-state index < -0.39 is 0 Å². The van der Waals surface area contributed by atoms with Crippen LogP contribution in [-0.4, -0.2) is 36.3 Å². The number of aryl methyl sites for hydroxylation is 1. The van der Waals surface area contributed by atoms with Gasteiger partial charge in [-0.3, -0.25) is 0 Å². The van der Waals surface area contributed by atoms with Crippen molar-refractivity contribution in [1.82, 2.24) is 9.97 Å². The van der Waals surface area contributed by atoms with Crippen LogP contribution in [0.25, 0.3) is 11.3 Å². The van der Waals surface area contributed by atoms with Gasteiger partial charge in [-0.25, -0.2) is 9.97 Å². The van der Waals surface area contributed by atoms with Gasteiger partial charge in [0.1, 0.15) is 0 Å². The van der Waals surface area contributed by atoms with Gasteiger partial charge in [-0.1, -0.05) is 31.2 Å². The third kappa shape index (κ3) is 3.26. The first-order valence-electron chi connectivity index (χ1n) is 7.80. The van der Waals surface area contributed by atoms with Gasteiger partial charge in [-0.2, -0.15) is 0 Å². The van der Waals surface area contributed by atoms with Crippen molar-refractivity contribution in [1.29, 1.82) is 0 Å². The van der Waals surface area contributed by atoms with Gasteiger partial charge >= 0.3 is 0 Å². The van der Waals surface area contributed by atoms with Gasteiger partial charge in [-0.05, 0) is 18.1 Å². The topological polar surface area (TPSA) is 64.3 Å². The van der Waals surface area contributed by atoms with Crippen molar-refractivity contribution < 1.29 is 4.74 Å². The van der Waals surface area contributed by atoms with E-state index in [1.807, 2.05) is 6.07 Å². The predicted octanol–water partition coefficient (Wildman–Crippen LogP) is 2.00. The first kappa shape index (κ1) is 14.9. The molecule has 5 nitrogen and oxygen atoms in total. The van der Waals surface area contributed by atoms with E-state index in [4.69, 9.17) is 15.5 Å². The molecule has 1 aromatic heterocycles. The highest BCUT2D eigenvalue weighted by atomic mass is 16.5. The molecule has 3 rings (SSSR count). The average molecular weight is 298 g/mol. The fourth-order valence-electron chi connectivity index (χ4n) is 2.55. The fourth-order valence-corrected chi connectivity index (χ4v) is 2.55. The van der Waals surface area contributed by atoms with Crippen LogP contribution in [0.15, 0.2) is 30.3 Å². The molecule has 0 bridgehead atoms. The molecular weight excluding hydrogens is 276 g/mol. The molecule has 0 aliphatic carbocycles. The Balaban J connectivity index is 1.95. The average Bonchev–Trinajstić information content (AvgIpc) is 2.62. The number of hydrogen-bond donors (Lipinski definition) is 1. The van der Waals surface area contributed by atoms with Gasteiger partial charge in [0, 0.05) is 25.2 Å². The Morgan fingerprint density at radius 2 is 1.86 bits per heavy atom. The van der Waals surface area contributed by atoms with Crippen LogP contribution in [0, 0.1) is 0 Å². The van der Waals surface area contributed by atoms with Crippen LogP contribution in [-0.2, 0) is 17.7 Å². The van der Waals surface area contributed by atoms with E-state index in [0.717, 1.165) is 55.6 Å². The summed E-state index contributed by atoms with van der Waals surface area (Å²) in [5.41, 5.74) is 10.0. The number of benzene rings is 1. The summed E-state index contributed by atoms with van der Waals surface area (Å²) in [5, 5.41) is 0. The SMILES string of the molecule is CCc1ccc(-c2cc(CN)nc(N3CCOCC3)n2)cc1. The molecule has 1 aliphatic rings. The van der Waals surface area contributed by atoms with Crippen molar-refractivity contribution in [2.75, 3.05) is 31.2 Å². The summed E-state index contributed by atoms with van der Waals surface area (Å²) in [6.45, 7) is 5.65. The zero-order chi connectivity index (χ0) is 15.4. The monoisotopic (exact) mass is 298 g/mol. The summed E-state index contributed by atoms with van der Waals surface area (Å²) >= 11 is 0. The lowest BCUT2D eigenvalue weighted by molar-refractivity contribution is 0.122. The first-order chi connectivity index (χ1) is 10.8. The van der Waals surface area contributed by atoms with E-state index in [9.17, 15) is 0 Å². The largest absolute Gasteiger partial charge is 0.378 e. The molecule has 1 fully saturated rings. The number of morpholine rings is 1. The Labute approximate surface area is 131 Å². The fraction of sp³-hybridized carbons (Fsp3) is 0.412. The first-order valence-corrected chi connectivity index (χ1v) is 7.80. The molecule has 0 saturated carbocycles. The maximum absolute atomic E-state index is 5.81. The highest BCUT2D eigenvalue weighted by molar-refractivity contribution is 5.61. The second kappa shape index (κ2) is 6.85. The zero-order valence-electron chi connectivity index (χ0n) is 13.0. The zero-order valence-corrected chi connectivity index (χ0v) is 13.0. The molecule has 116 valence electrons. The van der Waals surface area contributed by atoms with Crippen LogP contribution in [0.1, 0.15) is 18.2 Å². The third-order valence-corrected chi connectivity index (χ3v) is 3.93. The van der Waals surface area contributed by atoms with E-state index in [2.05, 4.69) is 41.1 Å². The Bertz CT molecular complexity index is 621. The summed E-state index contributed by atoms with van der Waals surface area (Å²) in [5.74, 6) is 0.751. The Morgan fingerprint density at radius 3 is 2.50 bits per heavy atom. The van der Waals surface area contributed by atoms with Gasteiger partial charge in [-0.15, -0.1) is 0 Å². The van der Waals surface area contributed by atoms with E-state index in [1.54, 1.807) is 0 Å². The Hall–Kier alpha value is -1.98. The number of aromatic nitrogens is 2. The lowest BCUT2D eigenvalue weighted by Gasteiger charge is -2.27. The molecule has 22 heavy (non-hydrogen) atoms. The number of nitrogens with two attached hydrogens (primary N) is 1. The predicted molar refractivity (Wildman–Crippen MR) is 87.8 cm³/mol. The Morgan fingerprint density at radius 1 is 1.14 bits per heavy atom. The molecule has 2 aromatic rings. The lowest BCUT2D eigenvalue weighted by atomic mass is 10.1.